The van der Waals surface area contributed by atoms with Gasteiger partial charge in [0.2, 0.25) is 0 Å². The predicted octanol–water partition coefficient (Wildman–Crippen LogP) is 3.52. The Kier molecular flexibility index (Phi) is 5.07. The smallest absolute Gasteiger partial charge is 0.0595 e. The van der Waals surface area contributed by atoms with Crippen LogP contribution in [0, 0.1) is 0 Å². The van der Waals surface area contributed by atoms with Crippen molar-refractivity contribution in [3.05, 3.63) is 46.5 Å². The highest BCUT2D eigenvalue weighted by Crippen LogP contribution is 2.30. The van der Waals surface area contributed by atoms with E-state index in [0.29, 0.717) is 16.1 Å². The van der Waals surface area contributed by atoms with Gasteiger partial charge in [0.1, 0.15) is 0 Å². The Bertz CT molecular complexity index is 414. The minimum Gasteiger partial charge on any atom is -0.314 e. The van der Waals surface area contributed by atoms with Crippen molar-refractivity contribution in [2.75, 3.05) is 26.2 Å². The number of nitrogens with one attached hydrogen (secondary N) is 1. The van der Waals surface area contributed by atoms with E-state index in [-0.39, 0.29) is 0 Å². The zero-order chi connectivity index (χ0) is 13.0. The topological polar surface area (TPSA) is 15.3 Å². The average Bonchev–Trinajstić information content (AvgIpc) is 2.40. The minimum atomic E-state index is 0.347. The van der Waals surface area contributed by atoms with Crippen molar-refractivity contribution < 1.29 is 0 Å². The molecule has 1 saturated heterocycles. The van der Waals surface area contributed by atoms with Gasteiger partial charge in [-0.2, -0.15) is 0 Å². The van der Waals surface area contributed by atoms with Gasteiger partial charge in [0.15, 0.2) is 0 Å². The van der Waals surface area contributed by atoms with Crippen LogP contribution >= 0.6 is 23.2 Å². The van der Waals surface area contributed by atoms with Gasteiger partial charge in [-0.05, 0) is 24.1 Å². The molecule has 1 N–H and O–H groups in total. The van der Waals surface area contributed by atoms with Crippen LogP contribution in [0.2, 0.25) is 10.0 Å². The first-order valence-corrected chi connectivity index (χ1v) is 6.98. The summed E-state index contributed by atoms with van der Waals surface area (Å²) in [5.74, 6) is 0. The predicted molar refractivity (Wildman–Crippen MR) is 78.5 cm³/mol. The number of hydrogen-bond acceptors (Lipinski definition) is 2. The molecular weight excluding hydrogens is 267 g/mol. The quantitative estimate of drug-likeness (QED) is 0.852. The third-order valence-electron chi connectivity index (χ3n) is 3.31. The number of benzene rings is 1. The fourth-order valence-corrected chi connectivity index (χ4v) is 2.67. The fraction of sp³-hybridized carbons (Fsp3) is 0.429. The molecule has 0 bridgehead atoms. The maximum Gasteiger partial charge on any atom is 0.0595 e. The van der Waals surface area contributed by atoms with Gasteiger partial charge in [-0.25, -0.2) is 0 Å². The molecule has 0 radical (unpaired) electrons. The summed E-state index contributed by atoms with van der Waals surface area (Å²) in [7, 11) is 0. The summed E-state index contributed by atoms with van der Waals surface area (Å²) in [6.45, 7) is 8.04. The first-order chi connectivity index (χ1) is 8.72. The molecule has 1 heterocycles. The van der Waals surface area contributed by atoms with E-state index in [1.807, 2.05) is 18.2 Å². The average molecular weight is 285 g/mol. The number of nitrogens with zero attached hydrogens (tertiary/aromatic N) is 1. The highest BCUT2D eigenvalue weighted by atomic mass is 35.5. The van der Waals surface area contributed by atoms with E-state index in [1.165, 1.54) is 5.56 Å². The van der Waals surface area contributed by atoms with E-state index in [4.69, 9.17) is 23.2 Å². The van der Waals surface area contributed by atoms with Crippen LogP contribution in [0.3, 0.4) is 0 Å². The van der Waals surface area contributed by atoms with Gasteiger partial charge in [-0.15, -0.1) is 6.58 Å². The molecule has 2 rings (SSSR count). The van der Waals surface area contributed by atoms with Gasteiger partial charge >= 0.3 is 0 Å². The Labute approximate surface area is 119 Å². The number of rotatable bonds is 4. The lowest BCUT2D eigenvalue weighted by Crippen LogP contribution is -2.45. The summed E-state index contributed by atoms with van der Waals surface area (Å²) in [5.41, 5.74) is 1.21. The highest BCUT2D eigenvalue weighted by molar-refractivity contribution is 6.42. The van der Waals surface area contributed by atoms with E-state index in [9.17, 15) is 0 Å². The third kappa shape index (κ3) is 3.27. The number of halogens is 2. The van der Waals surface area contributed by atoms with Crippen LogP contribution in [0.1, 0.15) is 18.0 Å². The van der Waals surface area contributed by atoms with Gasteiger partial charge in [-0.3, -0.25) is 4.90 Å². The summed E-state index contributed by atoms with van der Waals surface area (Å²) in [6, 6.07) is 6.25. The maximum atomic E-state index is 6.11. The molecule has 18 heavy (non-hydrogen) atoms. The molecule has 1 aliphatic rings. The van der Waals surface area contributed by atoms with E-state index in [1.54, 1.807) is 0 Å². The molecule has 0 spiro atoms. The number of piperazine rings is 1. The van der Waals surface area contributed by atoms with Crippen molar-refractivity contribution in [2.45, 2.75) is 12.5 Å². The van der Waals surface area contributed by atoms with Crippen LogP contribution in [-0.2, 0) is 0 Å². The Morgan fingerprint density at radius 3 is 2.61 bits per heavy atom. The van der Waals surface area contributed by atoms with Gasteiger partial charge in [0.05, 0.1) is 10.0 Å². The van der Waals surface area contributed by atoms with E-state index in [2.05, 4.69) is 22.9 Å². The lowest BCUT2D eigenvalue weighted by Gasteiger charge is -2.35. The lowest BCUT2D eigenvalue weighted by atomic mass is 10.0. The first-order valence-electron chi connectivity index (χ1n) is 6.23. The summed E-state index contributed by atoms with van der Waals surface area (Å²) in [6.07, 6.45) is 2.90. The Hall–Kier alpha value is -0.540. The van der Waals surface area contributed by atoms with Gasteiger partial charge in [0.25, 0.3) is 0 Å². The van der Waals surface area contributed by atoms with Crippen LogP contribution < -0.4 is 5.32 Å². The van der Waals surface area contributed by atoms with Crippen molar-refractivity contribution in [3.8, 4) is 0 Å². The molecule has 1 aromatic rings. The molecule has 1 atom stereocenters. The Morgan fingerprint density at radius 1 is 1.28 bits per heavy atom. The van der Waals surface area contributed by atoms with E-state index in [0.717, 1.165) is 32.6 Å². The van der Waals surface area contributed by atoms with Crippen LogP contribution in [0.5, 0.6) is 0 Å². The molecule has 0 amide bonds. The van der Waals surface area contributed by atoms with E-state index >= 15 is 0 Å². The molecule has 0 aromatic heterocycles. The van der Waals surface area contributed by atoms with Crippen molar-refractivity contribution >= 4 is 23.2 Å². The zero-order valence-electron chi connectivity index (χ0n) is 10.3. The Balaban J connectivity index is 2.22. The lowest BCUT2D eigenvalue weighted by molar-refractivity contribution is 0.174. The molecule has 0 unspecified atom stereocenters. The molecule has 0 aliphatic carbocycles. The monoisotopic (exact) mass is 284 g/mol. The van der Waals surface area contributed by atoms with Crippen molar-refractivity contribution in [1.29, 1.82) is 0 Å². The summed E-state index contributed by atoms with van der Waals surface area (Å²) < 4.78 is 0. The molecule has 1 aliphatic heterocycles. The molecule has 0 saturated carbocycles. The highest BCUT2D eigenvalue weighted by Gasteiger charge is 2.21. The van der Waals surface area contributed by atoms with Gasteiger partial charge < -0.3 is 5.32 Å². The zero-order valence-corrected chi connectivity index (χ0v) is 11.8. The van der Waals surface area contributed by atoms with Crippen LogP contribution in [0.25, 0.3) is 0 Å². The first kappa shape index (κ1) is 13.9. The van der Waals surface area contributed by atoms with Crippen LogP contribution in [0.4, 0.5) is 0 Å². The Morgan fingerprint density at radius 2 is 2.00 bits per heavy atom. The molecule has 4 heteroatoms. The molecule has 98 valence electrons. The van der Waals surface area contributed by atoms with Crippen molar-refractivity contribution in [1.82, 2.24) is 10.2 Å². The van der Waals surface area contributed by atoms with Gasteiger partial charge in [-0.1, -0.05) is 35.3 Å². The second-order valence-corrected chi connectivity index (χ2v) is 5.31. The second kappa shape index (κ2) is 6.58. The number of hydrogen-bond donors (Lipinski definition) is 1. The van der Waals surface area contributed by atoms with Crippen molar-refractivity contribution in [2.24, 2.45) is 0 Å². The molecular formula is C14H18Cl2N2. The largest absolute Gasteiger partial charge is 0.314 e. The normalized spacial score (nSPS) is 18.6. The second-order valence-electron chi connectivity index (χ2n) is 4.50. The van der Waals surface area contributed by atoms with Crippen LogP contribution in [0.15, 0.2) is 30.9 Å². The third-order valence-corrected chi connectivity index (χ3v) is 4.05. The fourth-order valence-electron chi connectivity index (χ4n) is 2.37. The maximum absolute atomic E-state index is 6.11. The SMILES string of the molecule is C=CC[C@@H](c1ccc(Cl)c(Cl)c1)N1CCNCC1. The minimum absolute atomic E-state index is 0.347. The molecule has 1 fully saturated rings. The summed E-state index contributed by atoms with van der Waals surface area (Å²) in [5, 5.41) is 4.60. The molecule has 1 aromatic carbocycles. The van der Waals surface area contributed by atoms with E-state index < -0.39 is 0 Å². The molecule has 2 nitrogen and oxygen atoms in total. The summed E-state index contributed by atoms with van der Waals surface area (Å²) >= 11 is 12.1. The van der Waals surface area contributed by atoms with Crippen molar-refractivity contribution in [3.63, 3.8) is 0 Å². The standard InChI is InChI=1S/C14H18Cl2N2/c1-2-3-14(18-8-6-17-7-9-18)11-4-5-12(15)13(16)10-11/h2,4-5,10,14,17H,1,3,6-9H2/t14-/m0/s1. The van der Waals surface area contributed by atoms with Crippen LogP contribution in [-0.4, -0.2) is 31.1 Å². The summed E-state index contributed by atoms with van der Waals surface area (Å²) in [4.78, 5) is 2.47. The van der Waals surface area contributed by atoms with Gasteiger partial charge in [0, 0.05) is 32.2 Å².